The predicted octanol–water partition coefficient (Wildman–Crippen LogP) is 1.69. The van der Waals surface area contributed by atoms with E-state index in [4.69, 9.17) is 20.8 Å². The second-order valence-electron chi connectivity index (χ2n) is 3.14. The zero-order chi connectivity index (χ0) is 11.1. The van der Waals surface area contributed by atoms with Gasteiger partial charge in [0.05, 0.1) is 12.6 Å². The van der Waals surface area contributed by atoms with Crippen LogP contribution in [0.3, 0.4) is 0 Å². The number of hydrogen-bond acceptors (Lipinski definition) is 5. The Morgan fingerprint density at radius 2 is 2.33 bits per heavy atom. The van der Waals surface area contributed by atoms with Crippen LogP contribution >= 0.6 is 11.6 Å². The Morgan fingerprint density at radius 3 is 2.93 bits per heavy atom. The van der Waals surface area contributed by atoms with Crippen LogP contribution in [0.25, 0.3) is 0 Å². The molecule has 0 fully saturated rings. The van der Waals surface area contributed by atoms with E-state index in [9.17, 15) is 0 Å². The Bertz CT molecular complexity index is 280. The molecule has 86 valence electrons. The number of aromatic nitrogens is 2. The third-order valence-electron chi connectivity index (χ3n) is 1.96. The minimum Gasteiger partial charge on any atom is -0.408 e. The topological polar surface area (TPSA) is 60.2 Å². The van der Waals surface area contributed by atoms with Gasteiger partial charge < -0.3 is 14.5 Å². The van der Waals surface area contributed by atoms with Crippen LogP contribution < -0.4 is 5.32 Å². The number of nitrogens with zero attached hydrogens (tertiary/aromatic N) is 2. The van der Waals surface area contributed by atoms with Gasteiger partial charge >= 0.3 is 6.01 Å². The molecule has 1 atom stereocenters. The summed E-state index contributed by atoms with van der Waals surface area (Å²) in [5.74, 6) is 1.04. The normalized spacial score (nSPS) is 12.7. The third kappa shape index (κ3) is 4.05. The largest absolute Gasteiger partial charge is 0.408 e. The van der Waals surface area contributed by atoms with E-state index in [1.807, 2.05) is 0 Å². The van der Waals surface area contributed by atoms with Crippen LogP contribution in [0.15, 0.2) is 4.42 Å². The minimum atomic E-state index is 0.194. The monoisotopic (exact) mass is 233 g/mol. The zero-order valence-electron chi connectivity index (χ0n) is 8.99. The molecule has 5 nitrogen and oxygen atoms in total. The molecule has 0 amide bonds. The number of hydrogen-bond donors (Lipinski definition) is 1. The first-order chi connectivity index (χ1) is 7.30. The average Bonchev–Trinajstić information content (AvgIpc) is 2.66. The van der Waals surface area contributed by atoms with Crippen molar-refractivity contribution in [3.8, 4) is 0 Å². The van der Waals surface area contributed by atoms with E-state index in [1.54, 1.807) is 7.11 Å². The summed E-state index contributed by atoms with van der Waals surface area (Å²) >= 11 is 5.56. The highest BCUT2D eigenvalue weighted by Crippen LogP contribution is 2.09. The molecule has 0 spiro atoms. The van der Waals surface area contributed by atoms with Crippen LogP contribution in [-0.4, -0.2) is 35.8 Å². The molecule has 6 heteroatoms. The van der Waals surface area contributed by atoms with E-state index < -0.39 is 0 Å². The van der Waals surface area contributed by atoms with E-state index in [-0.39, 0.29) is 6.04 Å². The number of nitrogens with one attached hydrogen (secondary N) is 1. The molecule has 0 aliphatic carbocycles. The van der Waals surface area contributed by atoms with Crippen LogP contribution in [-0.2, 0) is 11.2 Å². The molecule has 0 aliphatic heterocycles. The summed E-state index contributed by atoms with van der Waals surface area (Å²) in [7, 11) is 1.66. The lowest BCUT2D eigenvalue weighted by molar-refractivity contribution is 0.183. The molecular formula is C9H16ClN3O2. The van der Waals surface area contributed by atoms with E-state index in [1.165, 1.54) is 0 Å². The highest BCUT2D eigenvalue weighted by atomic mass is 35.5. The molecule has 1 N–H and O–H groups in total. The number of ether oxygens (including phenoxy) is 1. The van der Waals surface area contributed by atoms with Crippen molar-refractivity contribution in [2.45, 2.75) is 25.8 Å². The molecule has 1 aromatic rings. The van der Waals surface area contributed by atoms with Gasteiger partial charge in [-0.3, -0.25) is 0 Å². The van der Waals surface area contributed by atoms with Gasteiger partial charge in [-0.2, -0.15) is 0 Å². The lowest BCUT2D eigenvalue weighted by Gasteiger charge is -2.13. The van der Waals surface area contributed by atoms with Gasteiger partial charge in [0, 0.05) is 19.4 Å². The van der Waals surface area contributed by atoms with Crippen LogP contribution in [0.2, 0.25) is 0 Å². The second kappa shape index (κ2) is 6.63. The van der Waals surface area contributed by atoms with Crippen LogP contribution in [0.5, 0.6) is 0 Å². The smallest absolute Gasteiger partial charge is 0.315 e. The van der Waals surface area contributed by atoms with Gasteiger partial charge in [-0.25, -0.2) is 0 Å². The lowest BCUT2D eigenvalue weighted by atomic mass is 10.2. The Balaban J connectivity index is 2.47. The first-order valence-electron chi connectivity index (χ1n) is 4.94. The average molecular weight is 234 g/mol. The summed E-state index contributed by atoms with van der Waals surface area (Å²) < 4.78 is 10.4. The summed E-state index contributed by atoms with van der Waals surface area (Å²) in [6.45, 7) is 2.68. The Kier molecular flexibility index (Phi) is 5.42. The number of rotatable bonds is 7. The van der Waals surface area contributed by atoms with Crippen molar-refractivity contribution in [2.24, 2.45) is 0 Å². The number of anilines is 1. The van der Waals surface area contributed by atoms with Gasteiger partial charge in [-0.1, -0.05) is 12.0 Å². The number of methoxy groups -OCH3 is 1. The zero-order valence-corrected chi connectivity index (χ0v) is 9.75. The van der Waals surface area contributed by atoms with Crippen LogP contribution in [0.1, 0.15) is 19.2 Å². The number of aryl methyl sites for hydroxylation is 1. The van der Waals surface area contributed by atoms with Crippen molar-refractivity contribution >= 4 is 17.6 Å². The van der Waals surface area contributed by atoms with Gasteiger partial charge in [0.15, 0.2) is 0 Å². The van der Waals surface area contributed by atoms with Crippen molar-refractivity contribution in [3.63, 3.8) is 0 Å². The number of alkyl halides is 1. The third-order valence-corrected chi connectivity index (χ3v) is 2.15. The molecule has 15 heavy (non-hydrogen) atoms. The summed E-state index contributed by atoms with van der Waals surface area (Å²) in [5.41, 5.74) is 0. The van der Waals surface area contributed by atoms with E-state index in [2.05, 4.69) is 22.4 Å². The molecule has 0 radical (unpaired) electrons. The molecule has 0 aromatic carbocycles. The Hall–Kier alpha value is -0.810. The standard InChI is InChI=1S/C9H16ClN3O2/c1-3-7(6-14-2)11-9-13-12-8(15-9)4-5-10/h7H,3-6H2,1-2H3,(H,11,13). The molecule has 0 aliphatic rings. The summed E-state index contributed by atoms with van der Waals surface area (Å²) in [5, 5.41) is 10.8. The fourth-order valence-corrected chi connectivity index (χ4v) is 1.29. The maximum Gasteiger partial charge on any atom is 0.315 e. The van der Waals surface area contributed by atoms with Crippen molar-refractivity contribution in [3.05, 3.63) is 5.89 Å². The van der Waals surface area contributed by atoms with E-state index in [0.29, 0.717) is 30.8 Å². The molecule has 1 unspecified atom stereocenters. The van der Waals surface area contributed by atoms with E-state index >= 15 is 0 Å². The first kappa shape index (κ1) is 12.3. The van der Waals surface area contributed by atoms with Crippen LogP contribution in [0, 0.1) is 0 Å². The minimum absolute atomic E-state index is 0.194. The van der Waals surface area contributed by atoms with E-state index in [0.717, 1.165) is 6.42 Å². The van der Waals surface area contributed by atoms with Gasteiger partial charge in [0.25, 0.3) is 0 Å². The SMILES string of the molecule is CCC(COC)Nc1nnc(CCCl)o1. The fraction of sp³-hybridized carbons (Fsp3) is 0.778. The molecule has 1 rings (SSSR count). The highest BCUT2D eigenvalue weighted by Gasteiger charge is 2.10. The molecule has 0 saturated carbocycles. The lowest BCUT2D eigenvalue weighted by Crippen LogP contribution is -2.23. The molecule has 1 heterocycles. The Morgan fingerprint density at radius 1 is 1.53 bits per heavy atom. The Labute approximate surface area is 94.2 Å². The van der Waals surface area contributed by atoms with Gasteiger partial charge in [0.1, 0.15) is 0 Å². The van der Waals surface area contributed by atoms with Crippen molar-refractivity contribution < 1.29 is 9.15 Å². The maximum atomic E-state index is 5.56. The summed E-state index contributed by atoms with van der Waals surface area (Å²) in [6.07, 6.45) is 1.53. The quantitative estimate of drug-likeness (QED) is 0.727. The molecule has 0 saturated heterocycles. The fourth-order valence-electron chi connectivity index (χ4n) is 1.13. The van der Waals surface area contributed by atoms with Crippen LogP contribution in [0.4, 0.5) is 6.01 Å². The second-order valence-corrected chi connectivity index (χ2v) is 3.52. The molecular weight excluding hydrogens is 218 g/mol. The molecule has 1 aromatic heterocycles. The maximum absolute atomic E-state index is 5.56. The van der Waals surface area contributed by atoms with Gasteiger partial charge in [0.2, 0.25) is 5.89 Å². The molecule has 0 bridgehead atoms. The van der Waals surface area contributed by atoms with Gasteiger partial charge in [-0.15, -0.1) is 16.7 Å². The first-order valence-corrected chi connectivity index (χ1v) is 5.47. The summed E-state index contributed by atoms with van der Waals surface area (Å²) in [6, 6.07) is 0.623. The predicted molar refractivity (Wildman–Crippen MR) is 58.3 cm³/mol. The van der Waals surface area contributed by atoms with Crippen molar-refractivity contribution in [2.75, 3.05) is 24.9 Å². The highest BCUT2D eigenvalue weighted by molar-refractivity contribution is 6.17. The summed E-state index contributed by atoms with van der Waals surface area (Å²) in [4.78, 5) is 0. The van der Waals surface area contributed by atoms with Crippen molar-refractivity contribution in [1.29, 1.82) is 0 Å². The number of halogens is 1. The van der Waals surface area contributed by atoms with Gasteiger partial charge in [-0.05, 0) is 6.42 Å². The van der Waals surface area contributed by atoms with Crippen molar-refractivity contribution in [1.82, 2.24) is 10.2 Å².